The van der Waals surface area contributed by atoms with Crippen molar-refractivity contribution in [3.8, 4) is 0 Å². The van der Waals surface area contributed by atoms with E-state index in [1.165, 1.54) is 11.0 Å². The molecule has 2 aliphatic heterocycles. The molecule has 0 aromatic heterocycles. The van der Waals surface area contributed by atoms with Crippen molar-refractivity contribution in [2.75, 3.05) is 13.1 Å². The first-order valence-electron chi connectivity index (χ1n) is 6.01. The summed E-state index contributed by atoms with van der Waals surface area (Å²) in [5.74, 6) is -0.556. The van der Waals surface area contributed by atoms with Gasteiger partial charge < -0.3 is 4.90 Å². The standard InChI is InChI=1S/C12H13FN4O2/c13-9-4-2-1-3-8(9)7-16-5-6-17-10(11(16)18)14-15-12(17)19/h1-4,10,14H,5-7H2,(H,15,19). The Morgan fingerprint density at radius 1 is 1.26 bits per heavy atom. The first-order chi connectivity index (χ1) is 9.16. The van der Waals surface area contributed by atoms with Crippen LogP contribution < -0.4 is 10.9 Å². The summed E-state index contributed by atoms with van der Waals surface area (Å²) in [7, 11) is 0. The normalized spacial score (nSPS) is 22.5. The van der Waals surface area contributed by atoms with Crippen LogP contribution in [-0.2, 0) is 11.3 Å². The van der Waals surface area contributed by atoms with Crippen LogP contribution in [0.3, 0.4) is 0 Å². The Hall–Kier alpha value is -2.15. The fraction of sp³-hybridized carbons (Fsp3) is 0.333. The molecule has 2 aliphatic rings. The van der Waals surface area contributed by atoms with E-state index in [4.69, 9.17) is 0 Å². The lowest BCUT2D eigenvalue weighted by atomic mass is 10.1. The number of hydrazine groups is 1. The van der Waals surface area contributed by atoms with Crippen molar-refractivity contribution in [3.05, 3.63) is 35.6 Å². The Kier molecular flexibility index (Phi) is 2.83. The van der Waals surface area contributed by atoms with Gasteiger partial charge in [0.15, 0.2) is 6.17 Å². The molecule has 2 saturated heterocycles. The van der Waals surface area contributed by atoms with Crippen LogP contribution in [0.25, 0.3) is 0 Å². The van der Waals surface area contributed by atoms with Gasteiger partial charge in [0.1, 0.15) is 5.82 Å². The van der Waals surface area contributed by atoms with Crippen LogP contribution in [0.15, 0.2) is 24.3 Å². The number of rotatable bonds is 2. The number of piperazine rings is 1. The minimum Gasteiger partial charge on any atom is -0.333 e. The number of amides is 3. The fourth-order valence-corrected chi connectivity index (χ4v) is 2.32. The van der Waals surface area contributed by atoms with Gasteiger partial charge in [-0.2, -0.15) is 0 Å². The van der Waals surface area contributed by atoms with Gasteiger partial charge in [0.25, 0.3) is 5.91 Å². The van der Waals surface area contributed by atoms with E-state index >= 15 is 0 Å². The third-order valence-corrected chi connectivity index (χ3v) is 3.36. The largest absolute Gasteiger partial charge is 0.333 e. The summed E-state index contributed by atoms with van der Waals surface area (Å²) in [5.41, 5.74) is 5.51. The number of hydrogen-bond donors (Lipinski definition) is 2. The average molecular weight is 264 g/mol. The summed E-state index contributed by atoms with van der Waals surface area (Å²) >= 11 is 0. The molecule has 0 spiro atoms. The predicted octanol–water partition coefficient (Wildman–Crippen LogP) is 0.0238. The van der Waals surface area contributed by atoms with Gasteiger partial charge in [-0.3, -0.25) is 15.1 Å². The van der Waals surface area contributed by atoms with Crippen LogP contribution in [0.5, 0.6) is 0 Å². The number of nitrogens with zero attached hydrogens (tertiary/aromatic N) is 2. The minimum absolute atomic E-state index is 0.214. The number of fused-ring (bicyclic) bond motifs is 1. The molecule has 2 heterocycles. The smallest absolute Gasteiger partial charge is 0.333 e. The van der Waals surface area contributed by atoms with E-state index in [9.17, 15) is 14.0 Å². The van der Waals surface area contributed by atoms with Crippen molar-refractivity contribution in [2.24, 2.45) is 0 Å². The zero-order valence-corrected chi connectivity index (χ0v) is 10.1. The Morgan fingerprint density at radius 2 is 2.05 bits per heavy atom. The molecule has 7 heteroatoms. The van der Waals surface area contributed by atoms with E-state index in [-0.39, 0.29) is 24.3 Å². The fourth-order valence-electron chi connectivity index (χ4n) is 2.32. The number of carbonyl (C=O) groups is 2. The molecular formula is C12H13FN4O2. The van der Waals surface area contributed by atoms with Crippen LogP contribution in [0.4, 0.5) is 9.18 Å². The van der Waals surface area contributed by atoms with E-state index in [2.05, 4.69) is 10.9 Å². The van der Waals surface area contributed by atoms with Gasteiger partial charge in [0.05, 0.1) is 0 Å². The number of benzene rings is 1. The minimum atomic E-state index is -0.687. The average Bonchev–Trinajstić information content (AvgIpc) is 2.78. The van der Waals surface area contributed by atoms with Gasteiger partial charge in [-0.25, -0.2) is 14.6 Å². The SMILES string of the molecule is O=C1C2NNC(=O)N2CCN1Cc1ccccc1F. The molecule has 3 amide bonds. The maximum Gasteiger partial charge on any atom is 0.333 e. The topological polar surface area (TPSA) is 64.7 Å². The van der Waals surface area contributed by atoms with Crippen LogP contribution >= 0.6 is 0 Å². The molecule has 2 N–H and O–H groups in total. The molecule has 3 rings (SSSR count). The maximum atomic E-state index is 13.6. The monoisotopic (exact) mass is 264 g/mol. The Bertz CT molecular complexity index is 536. The van der Waals surface area contributed by atoms with Crippen molar-refractivity contribution in [3.63, 3.8) is 0 Å². The predicted molar refractivity (Wildman–Crippen MR) is 64.0 cm³/mol. The van der Waals surface area contributed by atoms with Crippen molar-refractivity contribution in [1.29, 1.82) is 0 Å². The lowest BCUT2D eigenvalue weighted by Gasteiger charge is -2.35. The molecular weight excluding hydrogens is 251 g/mol. The zero-order chi connectivity index (χ0) is 13.4. The molecule has 19 heavy (non-hydrogen) atoms. The molecule has 0 radical (unpaired) electrons. The summed E-state index contributed by atoms with van der Waals surface area (Å²) in [4.78, 5) is 26.5. The zero-order valence-electron chi connectivity index (χ0n) is 10.1. The molecule has 1 aromatic carbocycles. The third kappa shape index (κ3) is 2.01. The molecule has 100 valence electrons. The van der Waals surface area contributed by atoms with Gasteiger partial charge in [0.2, 0.25) is 0 Å². The first-order valence-corrected chi connectivity index (χ1v) is 6.01. The number of halogens is 1. The Morgan fingerprint density at radius 3 is 2.84 bits per heavy atom. The molecule has 0 bridgehead atoms. The second kappa shape index (κ2) is 4.51. The van der Waals surface area contributed by atoms with Crippen molar-refractivity contribution < 1.29 is 14.0 Å². The van der Waals surface area contributed by atoms with Gasteiger partial charge in [-0.05, 0) is 6.07 Å². The van der Waals surface area contributed by atoms with E-state index in [0.29, 0.717) is 18.7 Å². The number of carbonyl (C=O) groups excluding carboxylic acids is 2. The molecule has 1 unspecified atom stereocenters. The Labute approximate surface area is 109 Å². The van der Waals surface area contributed by atoms with Gasteiger partial charge in [-0.1, -0.05) is 18.2 Å². The highest BCUT2D eigenvalue weighted by molar-refractivity contribution is 5.90. The van der Waals surface area contributed by atoms with Crippen molar-refractivity contribution in [2.45, 2.75) is 12.7 Å². The number of urea groups is 1. The van der Waals surface area contributed by atoms with E-state index < -0.39 is 6.17 Å². The van der Waals surface area contributed by atoms with Gasteiger partial charge in [0, 0.05) is 25.2 Å². The summed E-state index contributed by atoms with van der Waals surface area (Å²) < 4.78 is 13.6. The molecule has 0 saturated carbocycles. The molecule has 1 atom stereocenters. The first kappa shape index (κ1) is 11.9. The quantitative estimate of drug-likeness (QED) is 0.791. The summed E-state index contributed by atoms with van der Waals surface area (Å²) in [6.45, 7) is 1.05. The second-order valence-electron chi connectivity index (χ2n) is 4.52. The maximum absolute atomic E-state index is 13.6. The molecule has 6 nitrogen and oxygen atoms in total. The highest BCUT2D eigenvalue weighted by atomic mass is 19.1. The van der Waals surface area contributed by atoms with Gasteiger partial charge >= 0.3 is 6.03 Å². The summed E-state index contributed by atoms with van der Waals surface area (Å²) in [5, 5.41) is 0. The summed E-state index contributed by atoms with van der Waals surface area (Å²) in [6.07, 6.45) is -0.687. The summed E-state index contributed by atoms with van der Waals surface area (Å²) in [6, 6.07) is 6.07. The van der Waals surface area contributed by atoms with Crippen molar-refractivity contribution in [1.82, 2.24) is 20.7 Å². The number of nitrogens with one attached hydrogen (secondary N) is 2. The van der Waals surface area contributed by atoms with Crippen molar-refractivity contribution >= 4 is 11.9 Å². The highest BCUT2D eigenvalue weighted by Gasteiger charge is 2.41. The molecule has 1 aromatic rings. The lowest BCUT2D eigenvalue weighted by molar-refractivity contribution is -0.140. The number of hydrogen-bond acceptors (Lipinski definition) is 3. The van der Waals surface area contributed by atoms with Gasteiger partial charge in [-0.15, -0.1) is 0 Å². The van der Waals surface area contributed by atoms with E-state index in [1.807, 2.05) is 0 Å². The van der Waals surface area contributed by atoms with Crippen LogP contribution in [0, 0.1) is 5.82 Å². The van der Waals surface area contributed by atoms with E-state index in [1.54, 1.807) is 23.1 Å². The van der Waals surface area contributed by atoms with Crippen LogP contribution in [0.1, 0.15) is 5.56 Å². The molecule has 0 aliphatic carbocycles. The van der Waals surface area contributed by atoms with Crippen LogP contribution in [0.2, 0.25) is 0 Å². The van der Waals surface area contributed by atoms with Crippen LogP contribution in [-0.4, -0.2) is 41.0 Å². The lowest BCUT2D eigenvalue weighted by Crippen LogP contribution is -2.58. The molecule has 2 fully saturated rings. The third-order valence-electron chi connectivity index (χ3n) is 3.36. The Balaban J connectivity index is 1.75. The second-order valence-corrected chi connectivity index (χ2v) is 4.52. The van der Waals surface area contributed by atoms with E-state index in [0.717, 1.165) is 0 Å². The highest BCUT2D eigenvalue weighted by Crippen LogP contribution is 2.17.